The Morgan fingerprint density at radius 2 is 2.22 bits per heavy atom. The van der Waals surface area contributed by atoms with E-state index in [1.165, 1.54) is 12.1 Å². The van der Waals surface area contributed by atoms with Gasteiger partial charge in [0.15, 0.2) is 0 Å². The first-order chi connectivity index (χ1) is 8.60. The lowest BCUT2D eigenvalue weighted by Crippen LogP contribution is -2.45. The third-order valence-electron chi connectivity index (χ3n) is 3.38. The van der Waals surface area contributed by atoms with Gasteiger partial charge in [-0.15, -0.1) is 0 Å². The molecule has 3 unspecified atom stereocenters. The minimum Gasteiger partial charge on any atom is -0.374 e. The molecule has 3 nitrogen and oxygen atoms in total. The molecule has 3 N–H and O–H groups in total. The van der Waals surface area contributed by atoms with Crippen molar-refractivity contribution in [2.24, 2.45) is 5.84 Å². The third kappa shape index (κ3) is 3.04. The van der Waals surface area contributed by atoms with Gasteiger partial charge in [0.1, 0.15) is 11.6 Å². The molecule has 2 rings (SSSR count). The summed E-state index contributed by atoms with van der Waals surface area (Å²) in [6, 6.07) is 3.44. The quantitative estimate of drug-likeness (QED) is 0.639. The summed E-state index contributed by atoms with van der Waals surface area (Å²) in [6.45, 7) is 2.01. The fourth-order valence-electron chi connectivity index (χ4n) is 2.35. The summed E-state index contributed by atoms with van der Waals surface area (Å²) in [5, 5.41) is 0. The summed E-state index contributed by atoms with van der Waals surface area (Å²) in [6.07, 6.45) is 2.46. The fourth-order valence-corrected chi connectivity index (χ4v) is 2.35. The number of nitrogens with one attached hydrogen (secondary N) is 1. The average molecular weight is 256 g/mol. The van der Waals surface area contributed by atoms with Crippen molar-refractivity contribution in [3.63, 3.8) is 0 Å². The molecule has 100 valence electrons. The van der Waals surface area contributed by atoms with E-state index in [-0.39, 0.29) is 18.2 Å². The first-order valence-electron chi connectivity index (χ1n) is 6.15. The second kappa shape index (κ2) is 5.73. The van der Waals surface area contributed by atoms with E-state index in [0.717, 1.165) is 18.9 Å². The van der Waals surface area contributed by atoms with E-state index in [0.29, 0.717) is 12.0 Å². The number of benzene rings is 1. The predicted molar refractivity (Wildman–Crippen MR) is 64.7 cm³/mol. The van der Waals surface area contributed by atoms with Crippen LogP contribution in [0.3, 0.4) is 0 Å². The van der Waals surface area contributed by atoms with Gasteiger partial charge in [-0.3, -0.25) is 11.3 Å². The molecule has 1 aliphatic rings. The molecule has 0 spiro atoms. The lowest BCUT2D eigenvalue weighted by molar-refractivity contribution is 0.0319. The maximum Gasteiger partial charge on any atom is 0.129 e. The van der Waals surface area contributed by atoms with Crippen LogP contribution in [-0.4, -0.2) is 18.2 Å². The number of hydrazine groups is 1. The van der Waals surface area contributed by atoms with Crippen LogP contribution in [0.1, 0.15) is 25.3 Å². The Labute approximate surface area is 105 Å². The molecule has 1 fully saturated rings. The van der Waals surface area contributed by atoms with Crippen LogP contribution in [0.15, 0.2) is 18.2 Å². The van der Waals surface area contributed by atoms with Crippen LogP contribution in [0.25, 0.3) is 0 Å². The summed E-state index contributed by atoms with van der Waals surface area (Å²) in [5.41, 5.74) is 3.12. The van der Waals surface area contributed by atoms with Gasteiger partial charge in [-0.2, -0.15) is 0 Å². The van der Waals surface area contributed by atoms with Crippen LogP contribution in [0.4, 0.5) is 8.78 Å². The summed E-state index contributed by atoms with van der Waals surface area (Å²) < 4.78 is 32.1. The fraction of sp³-hybridized carbons (Fsp3) is 0.538. The summed E-state index contributed by atoms with van der Waals surface area (Å²) >= 11 is 0. The number of rotatable bonds is 4. The van der Waals surface area contributed by atoms with E-state index in [4.69, 9.17) is 10.6 Å². The molecule has 0 saturated carbocycles. The average Bonchev–Trinajstić information content (AvgIpc) is 2.75. The Hall–Kier alpha value is -1.04. The molecule has 3 atom stereocenters. The van der Waals surface area contributed by atoms with E-state index in [1.807, 2.05) is 6.92 Å². The second-order valence-electron chi connectivity index (χ2n) is 4.78. The standard InChI is InChI=1S/C13H18F2N2O/c1-8-2-5-13(18-8)12(17-16)6-9-3-4-10(14)7-11(9)15/h3-4,7-8,12-13,17H,2,5-6,16H2,1H3. The smallest absolute Gasteiger partial charge is 0.129 e. The predicted octanol–water partition coefficient (Wildman–Crippen LogP) is 1.91. The Kier molecular flexibility index (Phi) is 4.27. The minimum absolute atomic E-state index is 0.0190. The number of hydrogen-bond donors (Lipinski definition) is 2. The number of halogens is 2. The van der Waals surface area contributed by atoms with Crippen LogP contribution in [-0.2, 0) is 11.2 Å². The van der Waals surface area contributed by atoms with Gasteiger partial charge >= 0.3 is 0 Å². The van der Waals surface area contributed by atoms with Crippen molar-refractivity contribution < 1.29 is 13.5 Å². The van der Waals surface area contributed by atoms with Crippen molar-refractivity contribution in [2.75, 3.05) is 0 Å². The Morgan fingerprint density at radius 3 is 2.78 bits per heavy atom. The second-order valence-corrected chi connectivity index (χ2v) is 4.78. The molecule has 1 aromatic rings. The first-order valence-corrected chi connectivity index (χ1v) is 6.15. The zero-order chi connectivity index (χ0) is 13.1. The highest BCUT2D eigenvalue weighted by Gasteiger charge is 2.29. The molecule has 1 saturated heterocycles. The van der Waals surface area contributed by atoms with Crippen molar-refractivity contribution in [2.45, 2.75) is 44.4 Å². The van der Waals surface area contributed by atoms with E-state index < -0.39 is 11.6 Å². The van der Waals surface area contributed by atoms with Gasteiger partial charge in [-0.25, -0.2) is 8.78 Å². The molecule has 1 heterocycles. The third-order valence-corrected chi connectivity index (χ3v) is 3.38. The molecule has 1 aliphatic heterocycles. The summed E-state index contributed by atoms with van der Waals surface area (Å²) in [4.78, 5) is 0. The Morgan fingerprint density at radius 1 is 1.44 bits per heavy atom. The minimum atomic E-state index is -0.570. The van der Waals surface area contributed by atoms with Crippen LogP contribution < -0.4 is 11.3 Å². The molecule has 0 aromatic heterocycles. The maximum absolute atomic E-state index is 13.6. The Balaban J connectivity index is 2.05. The molecule has 5 heteroatoms. The van der Waals surface area contributed by atoms with Crippen LogP contribution in [0.2, 0.25) is 0 Å². The van der Waals surface area contributed by atoms with Gasteiger partial charge in [0.25, 0.3) is 0 Å². The highest BCUT2D eigenvalue weighted by atomic mass is 19.1. The summed E-state index contributed by atoms with van der Waals surface area (Å²) in [5.74, 6) is 4.39. The van der Waals surface area contributed by atoms with Gasteiger partial charge in [-0.05, 0) is 37.8 Å². The largest absolute Gasteiger partial charge is 0.374 e. The highest BCUT2D eigenvalue weighted by Crippen LogP contribution is 2.24. The van der Waals surface area contributed by atoms with E-state index in [9.17, 15) is 8.78 Å². The number of hydrogen-bond acceptors (Lipinski definition) is 3. The van der Waals surface area contributed by atoms with Gasteiger partial charge in [0.05, 0.1) is 18.2 Å². The summed E-state index contributed by atoms with van der Waals surface area (Å²) in [7, 11) is 0. The van der Waals surface area contributed by atoms with Crippen molar-refractivity contribution in [3.8, 4) is 0 Å². The number of ether oxygens (including phenoxy) is 1. The maximum atomic E-state index is 13.6. The molecular weight excluding hydrogens is 238 g/mol. The normalized spacial score (nSPS) is 25.3. The molecule has 1 aromatic carbocycles. The first kappa shape index (κ1) is 13.4. The van der Waals surface area contributed by atoms with Gasteiger partial charge < -0.3 is 4.74 Å². The van der Waals surface area contributed by atoms with Crippen LogP contribution >= 0.6 is 0 Å². The van der Waals surface area contributed by atoms with E-state index in [2.05, 4.69) is 5.43 Å². The van der Waals surface area contributed by atoms with E-state index in [1.54, 1.807) is 0 Å². The SMILES string of the molecule is CC1CCC(C(Cc2ccc(F)cc2F)NN)O1. The molecular formula is C13H18F2N2O. The molecule has 18 heavy (non-hydrogen) atoms. The van der Waals surface area contributed by atoms with Crippen LogP contribution in [0, 0.1) is 11.6 Å². The zero-order valence-electron chi connectivity index (χ0n) is 10.3. The van der Waals surface area contributed by atoms with Crippen LogP contribution in [0.5, 0.6) is 0 Å². The van der Waals surface area contributed by atoms with Crippen molar-refractivity contribution in [1.82, 2.24) is 5.43 Å². The molecule has 0 radical (unpaired) electrons. The van der Waals surface area contributed by atoms with Gasteiger partial charge in [-0.1, -0.05) is 6.07 Å². The molecule has 0 bridgehead atoms. The van der Waals surface area contributed by atoms with Crippen molar-refractivity contribution in [3.05, 3.63) is 35.4 Å². The lowest BCUT2D eigenvalue weighted by atomic mass is 9.99. The van der Waals surface area contributed by atoms with E-state index >= 15 is 0 Å². The van der Waals surface area contributed by atoms with Crippen molar-refractivity contribution in [1.29, 1.82) is 0 Å². The molecule has 0 aliphatic carbocycles. The highest BCUT2D eigenvalue weighted by molar-refractivity contribution is 5.20. The van der Waals surface area contributed by atoms with Gasteiger partial charge in [0, 0.05) is 6.07 Å². The zero-order valence-corrected chi connectivity index (χ0v) is 10.3. The van der Waals surface area contributed by atoms with Gasteiger partial charge in [0.2, 0.25) is 0 Å². The Bertz CT molecular complexity index is 414. The lowest BCUT2D eigenvalue weighted by Gasteiger charge is -2.23. The topological polar surface area (TPSA) is 47.3 Å². The van der Waals surface area contributed by atoms with Crippen molar-refractivity contribution >= 4 is 0 Å². The monoisotopic (exact) mass is 256 g/mol. The number of nitrogens with two attached hydrogens (primary N) is 1. The molecule has 0 amide bonds.